The third-order valence-corrected chi connectivity index (χ3v) is 8.31. The molecule has 226 valence electrons. The molecule has 0 saturated carbocycles. The number of carbonyl (C=O) groups is 1. The normalized spacial score (nSPS) is 19.7. The highest BCUT2D eigenvalue weighted by molar-refractivity contribution is 7.99. The zero-order valence-corrected chi connectivity index (χ0v) is 24.1. The van der Waals surface area contributed by atoms with E-state index in [1.165, 1.54) is 4.90 Å². The van der Waals surface area contributed by atoms with Gasteiger partial charge in [0.25, 0.3) is 0 Å². The first-order valence-corrected chi connectivity index (χ1v) is 14.2. The summed E-state index contributed by atoms with van der Waals surface area (Å²) in [5.41, 5.74) is -3.67. The van der Waals surface area contributed by atoms with Crippen LogP contribution >= 0.6 is 11.8 Å². The summed E-state index contributed by atoms with van der Waals surface area (Å²) in [7, 11) is 0. The van der Waals surface area contributed by atoms with Gasteiger partial charge in [-0.25, -0.2) is 18.4 Å². The molecule has 14 heteroatoms. The van der Waals surface area contributed by atoms with Crippen LogP contribution in [0.1, 0.15) is 33.3 Å². The van der Waals surface area contributed by atoms with Crippen molar-refractivity contribution in [2.24, 2.45) is 0 Å². The number of anilines is 1. The Morgan fingerprint density at radius 1 is 1.12 bits per heavy atom. The van der Waals surface area contributed by atoms with Gasteiger partial charge in [-0.05, 0) is 45.9 Å². The summed E-state index contributed by atoms with van der Waals surface area (Å²) in [6.45, 7) is 7.19. The Balaban J connectivity index is 1.73. The number of carbonyl (C=O) groups excluding carboxylic acids is 1. The topological polar surface area (TPSA) is 87.9 Å². The van der Waals surface area contributed by atoms with Gasteiger partial charge in [-0.15, -0.1) is 11.8 Å². The van der Waals surface area contributed by atoms with E-state index in [4.69, 9.17) is 4.74 Å². The number of rotatable bonds is 2. The molecule has 1 amide bonds. The van der Waals surface area contributed by atoms with Gasteiger partial charge in [-0.3, -0.25) is 4.57 Å². The van der Waals surface area contributed by atoms with Crippen molar-refractivity contribution < 1.29 is 36.6 Å². The van der Waals surface area contributed by atoms with Crippen molar-refractivity contribution in [2.45, 2.75) is 63.1 Å². The first-order valence-electron chi connectivity index (χ1n) is 13.2. The maximum Gasteiger partial charge on any atom is 0.417 e. The maximum atomic E-state index is 15.0. The highest BCUT2D eigenvalue weighted by Gasteiger charge is 2.40. The lowest BCUT2D eigenvalue weighted by atomic mass is 9.95. The Bertz CT molecular complexity index is 1620. The lowest BCUT2D eigenvalue weighted by molar-refractivity contribution is -0.137. The average Bonchev–Trinajstić information content (AvgIpc) is 3.04. The molecule has 2 aromatic carbocycles. The quantitative estimate of drug-likeness (QED) is 0.395. The molecule has 2 aliphatic heterocycles. The van der Waals surface area contributed by atoms with Crippen molar-refractivity contribution in [3.05, 3.63) is 51.9 Å². The number of alkyl halides is 3. The van der Waals surface area contributed by atoms with Crippen molar-refractivity contribution >= 4 is 34.6 Å². The SMILES string of the molecule is C[C@H]1CN(C(=O)OC(C)(C)C)CCN1c1nc(=O)n2c3c(c(-c4ccc(F)cc4F)c(C(F)(F)F)cc13)SC[C@@H](O)C2. The molecule has 0 aliphatic carbocycles. The van der Waals surface area contributed by atoms with Crippen molar-refractivity contribution in [3.63, 3.8) is 0 Å². The van der Waals surface area contributed by atoms with E-state index in [-0.39, 0.29) is 53.5 Å². The number of piperazine rings is 1. The van der Waals surface area contributed by atoms with E-state index in [0.29, 0.717) is 6.07 Å². The van der Waals surface area contributed by atoms with Crippen LogP contribution in [0.5, 0.6) is 0 Å². The molecule has 0 unspecified atom stereocenters. The number of halogens is 5. The molecule has 0 radical (unpaired) electrons. The molecule has 1 fully saturated rings. The molecular weight excluding hydrogens is 583 g/mol. The van der Waals surface area contributed by atoms with Crippen LogP contribution in [-0.4, -0.2) is 68.8 Å². The number of aliphatic hydroxyl groups excluding tert-OH is 1. The van der Waals surface area contributed by atoms with E-state index >= 15 is 4.39 Å². The van der Waals surface area contributed by atoms with Crippen molar-refractivity contribution in [2.75, 3.05) is 30.3 Å². The highest BCUT2D eigenvalue weighted by Crippen LogP contribution is 2.48. The number of hydrogen-bond acceptors (Lipinski definition) is 7. The maximum absolute atomic E-state index is 15.0. The van der Waals surface area contributed by atoms with E-state index < -0.39 is 64.0 Å². The Labute approximate surface area is 242 Å². The van der Waals surface area contributed by atoms with E-state index in [1.54, 1.807) is 32.6 Å². The highest BCUT2D eigenvalue weighted by atomic mass is 32.2. The van der Waals surface area contributed by atoms with Gasteiger partial charge in [0.1, 0.15) is 23.1 Å². The van der Waals surface area contributed by atoms with Crippen LogP contribution in [0.25, 0.3) is 22.0 Å². The smallest absolute Gasteiger partial charge is 0.417 e. The minimum absolute atomic E-state index is 0.0117. The number of hydrogen-bond donors (Lipinski definition) is 1. The summed E-state index contributed by atoms with van der Waals surface area (Å²) in [5.74, 6) is -2.25. The van der Waals surface area contributed by atoms with Gasteiger partial charge >= 0.3 is 18.0 Å². The molecule has 8 nitrogen and oxygen atoms in total. The van der Waals surface area contributed by atoms with E-state index in [1.807, 2.05) is 0 Å². The van der Waals surface area contributed by atoms with Crippen molar-refractivity contribution in [3.8, 4) is 11.1 Å². The standard InChI is InChI=1S/C28H29F5N4O4S/c1-14-11-35(26(40)41-27(2,3)4)7-8-36(14)24-18-10-19(28(31,32)33)21(17-6-5-15(29)9-20(17)30)23-22(18)37(25(39)34-24)12-16(38)13-42-23/h5-6,9-10,14,16,38H,7-8,11-13H2,1-4H3/t14-,16-/m0/s1. The Kier molecular flexibility index (Phi) is 7.67. The fraction of sp³-hybridized carbons (Fsp3) is 0.464. The Hall–Kier alpha value is -3.39. The van der Waals surface area contributed by atoms with Crippen LogP contribution in [-0.2, 0) is 17.5 Å². The van der Waals surface area contributed by atoms with Crippen LogP contribution in [0.15, 0.2) is 34.0 Å². The molecule has 0 spiro atoms. The van der Waals surface area contributed by atoms with Crippen molar-refractivity contribution in [1.82, 2.24) is 14.5 Å². The number of ether oxygens (including phenoxy) is 1. The zero-order chi connectivity index (χ0) is 30.7. The van der Waals surface area contributed by atoms with Gasteiger partial charge in [0, 0.05) is 58.9 Å². The van der Waals surface area contributed by atoms with Crippen LogP contribution in [0.2, 0.25) is 0 Å². The molecule has 5 rings (SSSR count). The minimum Gasteiger partial charge on any atom is -0.444 e. The molecule has 1 aromatic heterocycles. The first-order chi connectivity index (χ1) is 19.5. The van der Waals surface area contributed by atoms with Gasteiger partial charge in [0.2, 0.25) is 0 Å². The van der Waals surface area contributed by atoms with Crippen LogP contribution in [0.4, 0.5) is 32.6 Å². The average molecular weight is 613 g/mol. The van der Waals surface area contributed by atoms with E-state index in [9.17, 15) is 32.3 Å². The van der Waals surface area contributed by atoms with Crippen LogP contribution in [0, 0.1) is 11.6 Å². The molecular formula is C28H29F5N4O4S. The van der Waals surface area contributed by atoms with Gasteiger partial charge in [-0.1, -0.05) is 0 Å². The number of aliphatic hydroxyl groups is 1. The third-order valence-electron chi connectivity index (χ3n) is 7.07. The van der Waals surface area contributed by atoms with Gasteiger partial charge in [-0.2, -0.15) is 18.2 Å². The Morgan fingerprint density at radius 2 is 1.83 bits per heavy atom. The summed E-state index contributed by atoms with van der Waals surface area (Å²) in [4.78, 5) is 33.3. The molecule has 1 N–H and O–H groups in total. The number of aromatic nitrogens is 2. The number of nitrogens with zero attached hydrogens (tertiary/aromatic N) is 4. The van der Waals surface area contributed by atoms with Crippen LogP contribution < -0.4 is 10.6 Å². The first kappa shape index (κ1) is 30.1. The van der Waals surface area contributed by atoms with E-state index in [2.05, 4.69) is 4.98 Å². The summed E-state index contributed by atoms with van der Waals surface area (Å²) >= 11 is 0.863. The number of benzene rings is 2. The second kappa shape index (κ2) is 10.7. The van der Waals surface area contributed by atoms with Gasteiger partial charge in [0.05, 0.1) is 23.7 Å². The third kappa shape index (κ3) is 5.65. The molecule has 2 aliphatic rings. The number of amides is 1. The largest absolute Gasteiger partial charge is 0.444 e. The lowest BCUT2D eigenvalue weighted by Crippen LogP contribution is -2.55. The summed E-state index contributed by atoms with van der Waals surface area (Å²) in [6.07, 6.45) is -6.61. The summed E-state index contributed by atoms with van der Waals surface area (Å²) < 4.78 is 79.3. The molecule has 3 heterocycles. The Morgan fingerprint density at radius 3 is 2.45 bits per heavy atom. The zero-order valence-electron chi connectivity index (χ0n) is 23.3. The lowest BCUT2D eigenvalue weighted by Gasteiger charge is -2.41. The predicted octanol–water partition coefficient (Wildman–Crippen LogP) is 5.27. The predicted molar refractivity (Wildman–Crippen MR) is 148 cm³/mol. The summed E-state index contributed by atoms with van der Waals surface area (Å²) in [5, 5.41) is 10.5. The second-order valence-electron chi connectivity index (χ2n) is 11.4. The fourth-order valence-electron chi connectivity index (χ4n) is 5.31. The minimum atomic E-state index is -4.97. The molecule has 1 saturated heterocycles. The molecule has 2 atom stereocenters. The van der Waals surface area contributed by atoms with Crippen molar-refractivity contribution in [1.29, 1.82) is 0 Å². The monoisotopic (exact) mass is 612 g/mol. The van der Waals surface area contributed by atoms with Gasteiger partial charge in [0.15, 0.2) is 0 Å². The number of thioether (sulfide) groups is 1. The van der Waals surface area contributed by atoms with E-state index in [0.717, 1.165) is 34.5 Å². The molecule has 42 heavy (non-hydrogen) atoms. The van der Waals surface area contributed by atoms with Crippen LogP contribution in [0.3, 0.4) is 0 Å². The molecule has 0 bridgehead atoms. The second-order valence-corrected chi connectivity index (χ2v) is 12.4. The fourth-order valence-corrected chi connectivity index (χ4v) is 6.50. The summed E-state index contributed by atoms with van der Waals surface area (Å²) in [6, 6.07) is 2.66. The molecule has 3 aromatic rings. The van der Waals surface area contributed by atoms with Gasteiger partial charge < -0.3 is 19.6 Å².